The summed E-state index contributed by atoms with van der Waals surface area (Å²) in [5, 5.41) is 0. The Hall–Kier alpha value is -3.43. The summed E-state index contributed by atoms with van der Waals surface area (Å²) >= 11 is 0. The van der Waals surface area contributed by atoms with Crippen molar-refractivity contribution in [1.29, 1.82) is 0 Å². The zero-order valence-corrected chi connectivity index (χ0v) is 14.2. The normalized spacial score (nSPS) is 11.4. The SMILES string of the molecule is [N-]=[N+]=CC(=O)C(Cn1cccc1)c1ccc(OCc2ccccc2)cc1. The number of benzene rings is 2. The quantitative estimate of drug-likeness (QED) is 0.355. The molecule has 0 aliphatic heterocycles. The Bertz CT molecular complexity index is 881. The van der Waals surface area contributed by atoms with Crippen molar-refractivity contribution in [1.82, 2.24) is 4.57 Å². The minimum absolute atomic E-state index is 0.251. The second-order valence-electron chi connectivity index (χ2n) is 5.92. The number of ether oxygens (including phenoxy) is 1. The molecule has 0 saturated heterocycles. The van der Waals surface area contributed by atoms with Crippen LogP contribution in [0.4, 0.5) is 0 Å². The maximum Gasteiger partial charge on any atom is 0.323 e. The molecule has 3 rings (SSSR count). The molecular weight excluding hydrogens is 326 g/mol. The first-order valence-corrected chi connectivity index (χ1v) is 8.35. The first-order chi connectivity index (χ1) is 12.8. The number of nitrogens with zero attached hydrogens (tertiary/aromatic N) is 3. The highest BCUT2D eigenvalue weighted by molar-refractivity contribution is 6.27. The largest absolute Gasteiger partial charge is 0.489 e. The van der Waals surface area contributed by atoms with Crippen LogP contribution in [0.5, 0.6) is 5.75 Å². The third kappa shape index (κ3) is 4.56. The molecule has 0 aliphatic carbocycles. The van der Waals surface area contributed by atoms with E-state index in [-0.39, 0.29) is 5.78 Å². The van der Waals surface area contributed by atoms with Gasteiger partial charge in [0.15, 0.2) is 0 Å². The van der Waals surface area contributed by atoms with Gasteiger partial charge < -0.3 is 14.8 Å². The molecule has 26 heavy (non-hydrogen) atoms. The van der Waals surface area contributed by atoms with E-state index in [1.54, 1.807) is 0 Å². The van der Waals surface area contributed by atoms with Crippen molar-refractivity contribution in [3.63, 3.8) is 0 Å². The molecular formula is C21H19N3O2. The van der Waals surface area contributed by atoms with Crippen LogP contribution in [0, 0.1) is 0 Å². The van der Waals surface area contributed by atoms with Crippen molar-refractivity contribution in [2.45, 2.75) is 19.1 Å². The first kappa shape index (κ1) is 17.4. The number of ketones is 1. The predicted octanol–water partition coefficient (Wildman–Crippen LogP) is 3.72. The molecule has 0 fully saturated rings. The van der Waals surface area contributed by atoms with Crippen LogP contribution in [0.2, 0.25) is 0 Å². The molecule has 1 unspecified atom stereocenters. The topological polar surface area (TPSA) is 67.6 Å². The van der Waals surface area contributed by atoms with Crippen molar-refractivity contribution in [3.8, 4) is 5.75 Å². The molecule has 0 radical (unpaired) electrons. The van der Waals surface area contributed by atoms with E-state index in [2.05, 4.69) is 4.79 Å². The fourth-order valence-electron chi connectivity index (χ4n) is 2.75. The van der Waals surface area contributed by atoms with Gasteiger partial charge in [-0.3, -0.25) is 4.79 Å². The van der Waals surface area contributed by atoms with E-state index in [1.807, 2.05) is 83.7 Å². The van der Waals surface area contributed by atoms with E-state index in [4.69, 9.17) is 10.3 Å². The first-order valence-electron chi connectivity index (χ1n) is 8.35. The van der Waals surface area contributed by atoms with Gasteiger partial charge in [-0.05, 0) is 35.4 Å². The van der Waals surface area contributed by atoms with Gasteiger partial charge in [-0.2, -0.15) is 4.79 Å². The maximum atomic E-state index is 12.3. The standard InChI is InChI=1S/C21H19N3O2/c22-23-14-21(25)20(15-24-12-4-5-13-24)18-8-10-19(11-9-18)26-16-17-6-2-1-3-7-17/h1-14,20H,15-16H2. The van der Waals surface area contributed by atoms with E-state index in [1.165, 1.54) is 0 Å². The Labute approximate surface area is 152 Å². The molecule has 5 heteroatoms. The molecule has 0 saturated carbocycles. The van der Waals surface area contributed by atoms with Crippen LogP contribution in [-0.4, -0.2) is 21.4 Å². The summed E-state index contributed by atoms with van der Waals surface area (Å²) in [5.74, 6) is 0.0567. The minimum Gasteiger partial charge on any atom is -0.489 e. The van der Waals surface area contributed by atoms with Crippen LogP contribution >= 0.6 is 0 Å². The molecule has 0 bridgehead atoms. The second kappa shape index (κ2) is 8.60. The van der Waals surface area contributed by atoms with E-state index >= 15 is 0 Å². The third-order valence-electron chi connectivity index (χ3n) is 4.12. The lowest BCUT2D eigenvalue weighted by molar-refractivity contribution is -0.117. The van der Waals surface area contributed by atoms with Gasteiger partial charge in [-0.25, -0.2) is 0 Å². The summed E-state index contributed by atoms with van der Waals surface area (Å²) in [6.45, 7) is 0.963. The molecule has 0 amide bonds. The maximum absolute atomic E-state index is 12.3. The zero-order valence-electron chi connectivity index (χ0n) is 14.2. The number of rotatable bonds is 8. The Kier molecular flexibility index (Phi) is 5.76. The number of hydrogen-bond acceptors (Lipinski definition) is 2. The van der Waals surface area contributed by atoms with Gasteiger partial charge in [-0.1, -0.05) is 42.5 Å². The molecule has 0 aliphatic rings. The van der Waals surface area contributed by atoms with Gasteiger partial charge in [0.1, 0.15) is 12.4 Å². The average molecular weight is 345 g/mol. The van der Waals surface area contributed by atoms with Crippen LogP contribution < -0.4 is 4.74 Å². The number of carbonyl (C=O) groups excluding carboxylic acids is 1. The van der Waals surface area contributed by atoms with Crippen LogP contribution in [0.25, 0.3) is 5.53 Å². The fourth-order valence-corrected chi connectivity index (χ4v) is 2.75. The molecule has 2 aromatic carbocycles. The molecule has 1 heterocycles. The number of Topliss-reactive ketones (excluding diaryl/α,β-unsaturated/α-hetero) is 1. The molecule has 0 N–H and O–H groups in total. The fraction of sp³-hybridized carbons (Fsp3) is 0.143. The Morgan fingerprint density at radius 2 is 1.73 bits per heavy atom. The lowest BCUT2D eigenvalue weighted by Gasteiger charge is -2.15. The lowest BCUT2D eigenvalue weighted by Crippen LogP contribution is -2.19. The highest BCUT2D eigenvalue weighted by Crippen LogP contribution is 2.22. The number of carbonyl (C=O) groups is 1. The van der Waals surface area contributed by atoms with E-state index < -0.39 is 5.92 Å². The average Bonchev–Trinajstić information content (AvgIpc) is 3.19. The Balaban J connectivity index is 1.72. The highest BCUT2D eigenvalue weighted by Gasteiger charge is 2.22. The molecule has 1 aromatic heterocycles. The van der Waals surface area contributed by atoms with Crippen molar-refractivity contribution in [3.05, 3.63) is 95.8 Å². The molecule has 5 nitrogen and oxygen atoms in total. The molecule has 0 spiro atoms. The second-order valence-corrected chi connectivity index (χ2v) is 5.92. The van der Waals surface area contributed by atoms with Crippen LogP contribution in [-0.2, 0) is 17.9 Å². The molecule has 1 atom stereocenters. The Morgan fingerprint density at radius 3 is 2.38 bits per heavy atom. The summed E-state index contributed by atoms with van der Waals surface area (Å²) in [4.78, 5) is 15.2. The van der Waals surface area contributed by atoms with Gasteiger partial charge in [0.05, 0.1) is 5.92 Å². The molecule has 130 valence electrons. The number of hydrogen-bond donors (Lipinski definition) is 0. The van der Waals surface area contributed by atoms with E-state index in [0.29, 0.717) is 13.2 Å². The monoisotopic (exact) mass is 345 g/mol. The summed E-state index contributed by atoms with van der Waals surface area (Å²) in [6.07, 6.45) is 4.75. The minimum atomic E-state index is -0.429. The summed E-state index contributed by atoms with van der Waals surface area (Å²) in [6, 6.07) is 21.2. The summed E-state index contributed by atoms with van der Waals surface area (Å²) in [7, 11) is 0. The summed E-state index contributed by atoms with van der Waals surface area (Å²) in [5.41, 5.74) is 10.6. The van der Waals surface area contributed by atoms with Gasteiger partial charge in [0, 0.05) is 18.9 Å². The predicted molar refractivity (Wildman–Crippen MR) is 99.1 cm³/mol. The van der Waals surface area contributed by atoms with Crippen molar-refractivity contribution >= 4 is 12.0 Å². The van der Waals surface area contributed by atoms with Gasteiger partial charge in [0.2, 0.25) is 5.78 Å². The van der Waals surface area contributed by atoms with Gasteiger partial charge >= 0.3 is 6.21 Å². The highest BCUT2D eigenvalue weighted by atomic mass is 16.5. The Morgan fingerprint density at radius 1 is 1.04 bits per heavy atom. The number of aromatic nitrogens is 1. The van der Waals surface area contributed by atoms with Crippen molar-refractivity contribution < 1.29 is 14.3 Å². The van der Waals surface area contributed by atoms with E-state index in [0.717, 1.165) is 23.1 Å². The van der Waals surface area contributed by atoms with Crippen LogP contribution in [0.3, 0.4) is 0 Å². The van der Waals surface area contributed by atoms with Crippen LogP contribution in [0.15, 0.2) is 79.1 Å². The van der Waals surface area contributed by atoms with Crippen molar-refractivity contribution in [2.24, 2.45) is 0 Å². The molecule has 3 aromatic rings. The third-order valence-corrected chi connectivity index (χ3v) is 4.12. The summed E-state index contributed by atoms with van der Waals surface area (Å²) < 4.78 is 7.71. The van der Waals surface area contributed by atoms with Gasteiger partial charge in [0.25, 0.3) is 0 Å². The lowest BCUT2D eigenvalue weighted by atomic mass is 9.95. The van der Waals surface area contributed by atoms with E-state index in [9.17, 15) is 4.79 Å². The van der Waals surface area contributed by atoms with Crippen molar-refractivity contribution in [2.75, 3.05) is 0 Å². The van der Waals surface area contributed by atoms with Crippen LogP contribution in [0.1, 0.15) is 17.0 Å². The smallest absolute Gasteiger partial charge is 0.323 e. The van der Waals surface area contributed by atoms with Gasteiger partial charge in [-0.15, -0.1) is 0 Å². The zero-order chi connectivity index (χ0) is 18.2.